The van der Waals surface area contributed by atoms with Gasteiger partial charge in [0, 0.05) is 25.0 Å². The summed E-state index contributed by atoms with van der Waals surface area (Å²) in [7, 11) is -3.15. The average molecular weight is 271 g/mol. The molecule has 0 spiro atoms. The molecule has 1 unspecified atom stereocenters. The zero-order valence-corrected chi connectivity index (χ0v) is 11.1. The Morgan fingerprint density at radius 2 is 2.06 bits per heavy atom. The molecule has 0 radical (unpaired) electrons. The van der Waals surface area contributed by atoms with Gasteiger partial charge in [-0.15, -0.1) is 0 Å². The highest BCUT2D eigenvalue weighted by Gasteiger charge is 2.20. The van der Waals surface area contributed by atoms with E-state index >= 15 is 0 Å². The van der Waals surface area contributed by atoms with E-state index in [1.807, 2.05) is 0 Å². The number of aliphatic hydroxyl groups excluding tert-OH is 1. The number of nitrogens with zero attached hydrogens (tertiary/aromatic N) is 1. The van der Waals surface area contributed by atoms with Crippen LogP contribution in [-0.4, -0.2) is 52.2 Å². The first kappa shape index (κ1) is 13.3. The van der Waals surface area contributed by atoms with Crippen molar-refractivity contribution in [2.45, 2.75) is 11.0 Å². The molecule has 2 rings (SSSR count). The first-order chi connectivity index (χ1) is 8.50. The minimum Gasteiger partial charge on any atom is -0.394 e. The van der Waals surface area contributed by atoms with Crippen molar-refractivity contribution in [3.05, 3.63) is 24.3 Å². The highest BCUT2D eigenvalue weighted by molar-refractivity contribution is 7.90. The third kappa shape index (κ3) is 3.01. The number of aliphatic hydroxyl groups is 1. The third-order valence-corrected chi connectivity index (χ3v) is 4.10. The van der Waals surface area contributed by atoms with E-state index in [9.17, 15) is 8.42 Å². The topological polar surface area (TPSA) is 66.8 Å². The Hall–Kier alpha value is -1.11. The van der Waals surface area contributed by atoms with Crippen LogP contribution in [0.15, 0.2) is 29.2 Å². The summed E-state index contributed by atoms with van der Waals surface area (Å²) in [5.41, 5.74) is 0.948. The maximum atomic E-state index is 11.4. The van der Waals surface area contributed by atoms with Gasteiger partial charge in [-0.3, -0.25) is 0 Å². The molecule has 0 saturated carbocycles. The van der Waals surface area contributed by atoms with E-state index in [0.29, 0.717) is 18.0 Å². The van der Waals surface area contributed by atoms with Crippen molar-refractivity contribution in [2.24, 2.45) is 0 Å². The molecule has 1 aromatic carbocycles. The highest BCUT2D eigenvalue weighted by Crippen LogP contribution is 2.20. The molecule has 1 atom stereocenters. The lowest BCUT2D eigenvalue weighted by Gasteiger charge is -2.33. The van der Waals surface area contributed by atoms with Gasteiger partial charge in [-0.05, 0) is 24.3 Å². The van der Waals surface area contributed by atoms with Gasteiger partial charge in [0.05, 0.1) is 24.2 Å². The van der Waals surface area contributed by atoms with Crippen LogP contribution >= 0.6 is 0 Å². The van der Waals surface area contributed by atoms with Gasteiger partial charge in [0.25, 0.3) is 0 Å². The fourth-order valence-electron chi connectivity index (χ4n) is 1.97. The van der Waals surface area contributed by atoms with Gasteiger partial charge in [-0.1, -0.05) is 0 Å². The quantitative estimate of drug-likeness (QED) is 0.856. The molecule has 100 valence electrons. The van der Waals surface area contributed by atoms with Crippen molar-refractivity contribution in [3.8, 4) is 0 Å². The Morgan fingerprint density at radius 1 is 1.39 bits per heavy atom. The van der Waals surface area contributed by atoms with E-state index in [1.54, 1.807) is 24.3 Å². The molecule has 5 nitrogen and oxygen atoms in total. The fraction of sp³-hybridized carbons (Fsp3) is 0.500. The molecule has 18 heavy (non-hydrogen) atoms. The highest BCUT2D eigenvalue weighted by atomic mass is 32.2. The van der Waals surface area contributed by atoms with Crippen molar-refractivity contribution < 1.29 is 18.3 Å². The number of hydrogen-bond donors (Lipinski definition) is 1. The number of hydrogen-bond acceptors (Lipinski definition) is 5. The molecule has 1 aromatic rings. The van der Waals surface area contributed by atoms with Crippen LogP contribution in [0.3, 0.4) is 0 Å². The van der Waals surface area contributed by atoms with Crippen molar-refractivity contribution in [2.75, 3.05) is 37.5 Å². The Bertz CT molecular complexity index is 497. The van der Waals surface area contributed by atoms with Gasteiger partial charge in [0.1, 0.15) is 0 Å². The summed E-state index contributed by atoms with van der Waals surface area (Å²) < 4.78 is 28.1. The van der Waals surface area contributed by atoms with Crippen LogP contribution in [0.5, 0.6) is 0 Å². The van der Waals surface area contributed by atoms with E-state index < -0.39 is 9.84 Å². The van der Waals surface area contributed by atoms with Gasteiger partial charge >= 0.3 is 0 Å². The minimum absolute atomic E-state index is 0.00206. The molecule has 1 heterocycles. The lowest BCUT2D eigenvalue weighted by molar-refractivity contribution is 0.00356. The molecular weight excluding hydrogens is 254 g/mol. The molecule has 1 fully saturated rings. The SMILES string of the molecule is CS(=O)(=O)c1ccc(N2CCOC(CO)C2)cc1. The minimum atomic E-state index is -3.15. The van der Waals surface area contributed by atoms with Crippen LogP contribution in [0.25, 0.3) is 0 Å². The van der Waals surface area contributed by atoms with Crippen LogP contribution in [0, 0.1) is 0 Å². The number of ether oxygens (including phenoxy) is 1. The molecular formula is C12H17NO4S. The van der Waals surface area contributed by atoms with E-state index in [4.69, 9.17) is 9.84 Å². The molecule has 1 aliphatic heterocycles. The Kier molecular flexibility index (Phi) is 3.89. The largest absolute Gasteiger partial charge is 0.394 e. The number of benzene rings is 1. The molecule has 1 saturated heterocycles. The molecule has 1 N–H and O–H groups in total. The summed E-state index contributed by atoms with van der Waals surface area (Å²) >= 11 is 0. The number of rotatable bonds is 3. The van der Waals surface area contributed by atoms with E-state index in [-0.39, 0.29) is 12.7 Å². The summed E-state index contributed by atoms with van der Waals surface area (Å²) in [5.74, 6) is 0. The first-order valence-corrected chi connectivity index (χ1v) is 7.67. The van der Waals surface area contributed by atoms with Gasteiger partial charge < -0.3 is 14.7 Å². The second-order valence-electron chi connectivity index (χ2n) is 4.39. The monoisotopic (exact) mass is 271 g/mol. The molecule has 0 aromatic heterocycles. The van der Waals surface area contributed by atoms with Crippen LogP contribution in [0.4, 0.5) is 5.69 Å². The summed E-state index contributed by atoms with van der Waals surface area (Å²) in [6.45, 7) is 1.93. The number of sulfone groups is 1. The molecule has 0 aliphatic carbocycles. The zero-order chi connectivity index (χ0) is 13.2. The maximum absolute atomic E-state index is 11.4. The van der Waals surface area contributed by atoms with Crippen LogP contribution < -0.4 is 4.90 Å². The first-order valence-electron chi connectivity index (χ1n) is 5.78. The van der Waals surface area contributed by atoms with E-state index in [1.165, 1.54) is 6.26 Å². The van der Waals surface area contributed by atoms with Gasteiger partial charge in [0.15, 0.2) is 9.84 Å². The summed E-state index contributed by atoms with van der Waals surface area (Å²) in [6.07, 6.45) is 1.02. The zero-order valence-electron chi connectivity index (χ0n) is 10.2. The van der Waals surface area contributed by atoms with Crippen molar-refractivity contribution in [1.82, 2.24) is 0 Å². The summed E-state index contributed by atoms with van der Waals surface area (Å²) in [4.78, 5) is 2.40. The maximum Gasteiger partial charge on any atom is 0.175 e. The van der Waals surface area contributed by atoms with Crippen LogP contribution in [0.2, 0.25) is 0 Å². The lowest BCUT2D eigenvalue weighted by Crippen LogP contribution is -2.44. The second kappa shape index (κ2) is 5.26. The van der Waals surface area contributed by atoms with Crippen molar-refractivity contribution >= 4 is 15.5 Å². The standard InChI is InChI=1S/C12H17NO4S/c1-18(15,16)12-4-2-10(3-5-12)13-6-7-17-11(8-13)9-14/h2-5,11,14H,6-9H2,1H3. The Balaban J connectivity index is 2.14. The Labute approximate surface area is 107 Å². The smallest absolute Gasteiger partial charge is 0.175 e. The van der Waals surface area contributed by atoms with Crippen LogP contribution in [-0.2, 0) is 14.6 Å². The van der Waals surface area contributed by atoms with Crippen molar-refractivity contribution in [1.29, 1.82) is 0 Å². The number of anilines is 1. The fourth-order valence-corrected chi connectivity index (χ4v) is 2.60. The Morgan fingerprint density at radius 3 is 2.61 bits per heavy atom. The molecule has 1 aliphatic rings. The van der Waals surface area contributed by atoms with Gasteiger partial charge in [-0.25, -0.2) is 8.42 Å². The van der Waals surface area contributed by atoms with E-state index in [2.05, 4.69) is 4.90 Å². The summed E-state index contributed by atoms with van der Waals surface area (Å²) in [5, 5.41) is 9.08. The van der Waals surface area contributed by atoms with Crippen molar-refractivity contribution in [3.63, 3.8) is 0 Å². The lowest BCUT2D eigenvalue weighted by atomic mass is 10.2. The van der Waals surface area contributed by atoms with Gasteiger partial charge in [-0.2, -0.15) is 0 Å². The second-order valence-corrected chi connectivity index (χ2v) is 6.40. The molecule has 6 heteroatoms. The normalized spacial score (nSPS) is 21.0. The number of morpholine rings is 1. The molecule has 0 bridgehead atoms. The predicted octanol–water partition coefficient (Wildman–Crippen LogP) is 0.288. The van der Waals surface area contributed by atoms with E-state index in [0.717, 1.165) is 12.2 Å². The van der Waals surface area contributed by atoms with Crippen LogP contribution in [0.1, 0.15) is 0 Å². The third-order valence-electron chi connectivity index (χ3n) is 2.97. The molecule has 0 amide bonds. The predicted molar refractivity (Wildman–Crippen MR) is 68.6 cm³/mol. The summed E-state index contributed by atoms with van der Waals surface area (Å²) in [6, 6.07) is 6.79. The average Bonchev–Trinajstić information content (AvgIpc) is 2.38. The van der Waals surface area contributed by atoms with Gasteiger partial charge in [0.2, 0.25) is 0 Å².